The molecule has 1 amide bonds. The minimum absolute atomic E-state index is 0.0328. The minimum atomic E-state index is -0.454. The summed E-state index contributed by atoms with van der Waals surface area (Å²) < 4.78 is 13.7. The van der Waals surface area contributed by atoms with Gasteiger partial charge in [0, 0.05) is 31.9 Å². The fourth-order valence-corrected chi connectivity index (χ4v) is 1.95. The van der Waals surface area contributed by atoms with Crippen LogP contribution in [0.4, 0.5) is 10.1 Å². The maximum Gasteiger partial charge on any atom is 0.224 e. The van der Waals surface area contributed by atoms with E-state index in [0.29, 0.717) is 12.2 Å². The molecular formula is C13H18FN3OS. The van der Waals surface area contributed by atoms with Crippen LogP contribution in [0.25, 0.3) is 0 Å². The van der Waals surface area contributed by atoms with E-state index in [9.17, 15) is 9.18 Å². The number of hydrogen-bond acceptors (Lipinski definition) is 3. The van der Waals surface area contributed by atoms with E-state index in [0.717, 1.165) is 0 Å². The smallest absolute Gasteiger partial charge is 0.224 e. The first kappa shape index (κ1) is 15.4. The number of anilines is 1. The van der Waals surface area contributed by atoms with E-state index in [1.807, 2.05) is 11.8 Å². The number of hydrogen-bond donors (Lipinski definition) is 2. The van der Waals surface area contributed by atoms with E-state index in [-0.39, 0.29) is 22.4 Å². The number of carbonyl (C=O) groups excluding carboxylic acids is 1. The van der Waals surface area contributed by atoms with Crippen LogP contribution in [-0.2, 0) is 4.79 Å². The highest BCUT2D eigenvalue weighted by molar-refractivity contribution is 7.80. The zero-order chi connectivity index (χ0) is 14.6. The summed E-state index contributed by atoms with van der Waals surface area (Å²) in [5, 5.41) is 2.58. The molecule has 0 fully saturated rings. The lowest BCUT2D eigenvalue weighted by Gasteiger charge is -2.23. The Morgan fingerprint density at radius 3 is 2.68 bits per heavy atom. The number of benzene rings is 1. The molecule has 0 radical (unpaired) electrons. The third kappa shape index (κ3) is 3.89. The number of carbonyl (C=O) groups is 1. The molecular weight excluding hydrogens is 265 g/mol. The summed E-state index contributed by atoms with van der Waals surface area (Å²) >= 11 is 4.75. The Hall–Kier alpha value is -1.69. The summed E-state index contributed by atoms with van der Waals surface area (Å²) in [6.07, 6.45) is 0. The fraction of sp³-hybridized carbons (Fsp3) is 0.385. The number of nitrogens with zero attached hydrogens (tertiary/aromatic N) is 1. The van der Waals surface area contributed by atoms with Crippen molar-refractivity contribution in [2.45, 2.75) is 6.92 Å². The molecule has 0 saturated carbocycles. The lowest BCUT2D eigenvalue weighted by Crippen LogP contribution is -2.34. The third-order valence-electron chi connectivity index (χ3n) is 2.90. The van der Waals surface area contributed by atoms with E-state index >= 15 is 0 Å². The molecule has 0 aromatic heterocycles. The SMILES string of the molecule is CNC(=O)C(C)CN(C)c1ccc(C(N)=S)c(F)c1. The highest BCUT2D eigenvalue weighted by Gasteiger charge is 2.15. The Bertz CT molecular complexity index is 493. The molecule has 0 aliphatic rings. The molecule has 0 aliphatic carbocycles. The van der Waals surface area contributed by atoms with Crippen molar-refractivity contribution in [1.29, 1.82) is 0 Å². The van der Waals surface area contributed by atoms with Gasteiger partial charge in [-0.1, -0.05) is 19.1 Å². The predicted molar refractivity (Wildman–Crippen MR) is 78.8 cm³/mol. The van der Waals surface area contributed by atoms with Gasteiger partial charge in [0.05, 0.1) is 5.92 Å². The molecule has 1 aromatic rings. The van der Waals surface area contributed by atoms with Crippen LogP contribution in [0.1, 0.15) is 12.5 Å². The van der Waals surface area contributed by atoms with Gasteiger partial charge in [0.2, 0.25) is 5.91 Å². The molecule has 0 heterocycles. The normalized spacial score (nSPS) is 11.8. The largest absolute Gasteiger partial charge is 0.389 e. The van der Waals surface area contributed by atoms with Crippen LogP contribution in [0.15, 0.2) is 18.2 Å². The number of rotatable bonds is 5. The average Bonchev–Trinajstić information content (AvgIpc) is 2.36. The Morgan fingerprint density at radius 1 is 1.58 bits per heavy atom. The van der Waals surface area contributed by atoms with Gasteiger partial charge >= 0.3 is 0 Å². The second kappa shape index (κ2) is 6.47. The van der Waals surface area contributed by atoms with Crippen LogP contribution in [-0.4, -0.2) is 31.5 Å². The van der Waals surface area contributed by atoms with E-state index in [2.05, 4.69) is 5.32 Å². The second-order valence-corrected chi connectivity index (χ2v) is 4.86. The van der Waals surface area contributed by atoms with Crippen molar-refractivity contribution < 1.29 is 9.18 Å². The third-order valence-corrected chi connectivity index (χ3v) is 3.12. The van der Waals surface area contributed by atoms with Gasteiger partial charge in [0.1, 0.15) is 10.8 Å². The first-order valence-electron chi connectivity index (χ1n) is 5.89. The maximum atomic E-state index is 13.7. The Labute approximate surface area is 117 Å². The van der Waals surface area contributed by atoms with E-state index in [4.69, 9.17) is 18.0 Å². The summed E-state index contributed by atoms with van der Waals surface area (Å²) in [7, 11) is 3.39. The maximum absolute atomic E-state index is 13.7. The number of nitrogens with one attached hydrogen (secondary N) is 1. The van der Waals surface area contributed by atoms with E-state index in [1.54, 1.807) is 26.2 Å². The number of thiocarbonyl (C=S) groups is 1. The molecule has 1 unspecified atom stereocenters. The zero-order valence-electron chi connectivity index (χ0n) is 11.2. The summed E-state index contributed by atoms with van der Waals surface area (Å²) in [5.74, 6) is -0.690. The molecule has 6 heteroatoms. The number of nitrogens with two attached hydrogens (primary N) is 1. The highest BCUT2D eigenvalue weighted by atomic mass is 32.1. The first-order chi connectivity index (χ1) is 8.86. The molecule has 1 rings (SSSR count). The Kier molecular flexibility index (Phi) is 5.23. The number of halogens is 1. The lowest BCUT2D eigenvalue weighted by molar-refractivity contribution is -0.123. The summed E-state index contributed by atoms with van der Waals surface area (Å²) in [4.78, 5) is 13.3. The summed E-state index contributed by atoms with van der Waals surface area (Å²) in [5.41, 5.74) is 6.31. The van der Waals surface area contributed by atoms with Crippen molar-refractivity contribution in [3.63, 3.8) is 0 Å². The molecule has 0 saturated heterocycles. The molecule has 104 valence electrons. The topological polar surface area (TPSA) is 58.4 Å². The molecule has 0 bridgehead atoms. The summed E-state index contributed by atoms with van der Waals surface area (Å²) in [6, 6.07) is 4.65. The molecule has 4 nitrogen and oxygen atoms in total. The van der Waals surface area contributed by atoms with Crippen molar-refractivity contribution in [2.24, 2.45) is 11.7 Å². The Balaban J connectivity index is 2.83. The van der Waals surface area contributed by atoms with Crippen LogP contribution >= 0.6 is 12.2 Å². The van der Waals surface area contributed by atoms with Crippen LogP contribution in [0.5, 0.6) is 0 Å². The zero-order valence-corrected chi connectivity index (χ0v) is 12.1. The van der Waals surface area contributed by atoms with Crippen LogP contribution in [0.3, 0.4) is 0 Å². The quantitative estimate of drug-likeness (QED) is 0.799. The van der Waals surface area contributed by atoms with Crippen LogP contribution in [0.2, 0.25) is 0 Å². The van der Waals surface area contributed by atoms with Crippen molar-refractivity contribution >= 4 is 28.8 Å². The fourth-order valence-electron chi connectivity index (χ4n) is 1.79. The summed E-state index contributed by atoms with van der Waals surface area (Å²) in [6.45, 7) is 2.31. The molecule has 1 atom stereocenters. The van der Waals surface area contributed by atoms with Crippen LogP contribution in [0, 0.1) is 11.7 Å². The standard InChI is InChI=1S/C13H18FN3OS/c1-8(13(18)16-2)7-17(3)9-4-5-10(12(15)19)11(14)6-9/h4-6,8H,7H2,1-3H3,(H2,15,19)(H,16,18). The molecule has 1 aromatic carbocycles. The van der Waals surface area contributed by atoms with E-state index < -0.39 is 5.82 Å². The number of amides is 1. The highest BCUT2D eigenvalue weighted by Crippen LogP contribution is 2.18. The van der Waals surface area contributed by atoms with Gasteiger partial charge in [-0.25, -0.2) is 4.39 Å². The van der Waals surface area contributed by atoms with Gasteiger partial charge in [0.15, 0.2) is 0 Å². The average molecular weight is 283 g/mol. The predicted octanol–water partition coefficient (Wildman–Crippen LogP) is 1.28. The lowest BCUT2D eigenvalue weighted by atomic mass is 10.1. The van der Waals surface area contributed by atoms with Gasteiger partial charge < -0.3 is 16.0 Å². The van der Waals surface area contributed by atoms with Gasteiger partial charge in [-0.3, -0.25) is 4.79 Å². The van der Waals surface area contributed by atoms with Gasteiger partial charge in [-0.05, 0) is 18.2 Å². The van der Waals surface area contributed by atoms with Crippen molar-refractivity contribution in [3.05, 3.63) is 29.6 Å². The van der Waals surface area contributed by atoms with Gasteiger partial charge in [-0.2, -0.15) is 0 Å². The minimum Gasteiger partial charge on any atom is -0.389 e. The first-order valence-corrected chi connectivity index (χ1v) is 6.29. The molecule has 0 spiro atoms. The molecule has 0 aliphatic heterocycles. The Morgan fingerprint density at radius 2 is 2.21 bits per heavy atom. The molecule has 19 heavy (non-hydrogen) atoms. The van der Waals surface area contributed by atoms with Crippen LogP contribution < -0.4 is 16.0 Å². The van der Waals surface area contributed by atoms with E-state index in [1.165, 1.54) is 6.07 Å². The van der Waals surface area contributed by atoms with Gasteiger partial charge in [0.25, 0.3) is 0 Å². The monoisotopic (exact) mass is 283 g/mol. The van der Waals surface area contributed by atoms with Gasteiger partial charge in [-0.15, -0.1) is 0 Å². The second-order valence-electron chi connectivity index (χ2n) is 4.42. The van der Waals surface area contributed by atoms with Crippen molar-refractivity contribution in [3.8, 4) is 0 Å². The van der Waals surface area contributed by atoms with Crippen molar-refractivity contribution in [1.82, 2.24) is 5.32 Å². The van der Waals surface area contributed by atoms with Crippen molar-refractivity contribution in [2.75, 3.05) is 25.5 Å². The molecule has 3 N–H and O–H groups in total.